The second-order valence-corrected chi connectivity index (χ2v) is 6.18. The highest BCUT2D eigenvalue weighted by molar-refractivity contribution is 6.23. The van der Waals surface area contributed by atoms with Crippen LogP contribution in [0.25, 0.3) is 0 Å². The Morgan fingerprint density at radius 2 is 1.91 bits per heavy atom. The van der Waals surface area contributed by atoms with Crippen LogP contribution in [0, 0.1) is 11.8 Å². The molecule has 6 nitrogen and oxygen atoms in total. The SMILES string of the molecule is COC(=O)c1ccc(N2C(=O)[C@@H]3[C@@H](C2=O)[C@@]2(C)C=C[C@H]3O2)cc1. The van der Waals surface area contributed by atoms with E-state index < -0.39 is 23.4 Å². The fraction of sp³-hybridized carbons (Fsp3) is 0.353. The number of rotatable bonds is 2. The lowest BCUT2D eigenvalue weighted by Gasteiger charge is -2.24. The van der Waals surface area contributed by atoms with Crippen LogP contribution < -0.4 is 4.90 Å². The van der Waals surface area contributed by atoms with Gasteiger partial charge in [0.25, 0.3) is 0 Å². The smallest absolute Gasteiger partial charge is 0.337 e. The van der Waals surface area contributed by atoms with Gasteiger partial charge in [0.1, 0.15) is 0 Å². The Morgan fingerprint density at radius 1 is 1.22 bits per heavy atom. The van der Waals surface area contributed by atoms with Crippen molar-refractivity contribution in [3.05, 3.63) is 42.0 Å². The van der Waals surface area contributed by atoms with E-state index in [9.17, 15) is 14.4 Å². The second-order valence-electron chi connectivity index (χ2n) is 6.18. The molecule has 3 heterocycles. The molecule has 0 N–H and O–H groups in total. The molecule has 6 heteroatoms. The van der Waals surface area contributed by atoms with Crippen molar-refractivity contribution in [2.75, 3.05) is 12.0 Å². The molecule has 1 aromatic rings. The third-order valence-electron chi connectivity index (χ3n) is 4.88. The van der Waals surface area contributed by atoms with Crippen molar-refractivity contribution < 1.29 is 23.9 Å². The number of fused-ring (bicyclic) bond motifs is 5. The molecule has 0 radical (unpaired) electrons. The van der Waals surface area contributed by atoms with Crippen molar-refractivity contribution in [2.24, 2.45) is 11.8 Å². The molecule has 0 saturated carbocycles. The zero-order valence-corrected chi connectivity index (χ0v) is 12.7. The molecule has 0 aromatic heterocycles. The number of hydrogen-bond acceptors (Lipinski definition) is 5. The molecule has 4 atom stereocenters. The summed E-state index contributed by atoms with van der Waals surface area (Å²) in [5.74, 6) is -1.90. The van der Waals surface area contributed by atoms with Gasteiger partial charge >= 0.3 is 5.97 Å². The van der Waals surface area contributed by atoms with E-state index in [-0.39, 0.29) is 17.9 Å². The van der Waals surface area contributed by atoms with Crippen molar-refractivity contribution in [3.63, 3.8) is 0 Å². The molecule has 0 spiro atoms. The maximum Gasteiger partial charge on any atom is 0.337 e. The van der Waals surface area contributed by atoms with Gasteiger partial charge in [0.15, 0.2) is 0 Å². The van der Waals surface area contributed by atoms with Gasteiger partial charge in [-0.25, -0.2) is 9.69 Å². The highest BCUT2D eigenvalue weighted by atomic mass is 16.5. The maximum absolute atomic E-state index is 12.8. The van der Waals surface area contributed by atoms with Crippen LogP contribution in [0.3, 0.4) is 0 Å². The van der Waals surface area contributed by atoms with Crippen LogP contribution in [0.4, 0.5) is 5.69 Å². The molecule has 23 heavy (non-hydrogen) atoms. The minimum atomic E-state index is -0.706. The largest absolute Gasteiger partial charge is 0.465 e. The third kappa shape index (κ3) is 1.75. The Kier molecular flexibility index (Phi) is 2.78. The van der Waals surface area contributed by atoms with Gasteiger partial charge in [0, 0.05) is 0 Å². The molecule has 3 aliphatic heterocycles. The number of amides is 2. The summed E-state index contributed by atoms with van der Waals surface area (Å²) >= 11 is 0. The Bertz CT molecular complexity index is 753. The summed E-state index contributed by atoms with van der Waals surface area (Å²) in [6.07, 6.45) is 3.39. The molecule has 1 aromatic carbocycles. The van der Waals surface area contributed by atoms with E-state index >= 15 is 0 Å². The van der Waals surface area contributed by atoms with Crippen LogP contribution >= 0.6 is 0 Å². The van der Waals surface area contributed by atoms with E-state index in [2.05, 4.69) is 4.74 Å². The fourth-order valence-corrected chi connectivity index (χ4v) is 3.77. The van der Waals surface area contributed by atoms with Crippen LogP contribution in [0.5, 0.6) is 0 Å². The number of hydrogen-bond donors (Lipinski definition) is 0. The molecule has 2 fully saturated rings. The van der Waals surface area contributed by atoms with Gasteiger partial charge in [0.05, 0.1) is 41.9 Å². The number of benzene rings is 1. The molecular formula is C17H15NO5. The first kappa shape index (κ1) is 14.1. The van der Waals surface area contributed by atoms with Gasteiger partial charge in [-0.2, -0.15) is 0 Å². The number of methoxy groups -OCH3 is 1. The molecule has 2 saturated heterocycles. The van der Waals surface area contributed by atoms with Crippen LogP contribution in [-0.4, -0.2) is 36.6 Å². The lowest BCUT2D eigenvalue weighted by atomic mass is 9.78. The zero-order valence-electron chi connectivity index (χ0n) is 12.7. The minimum Gasteiger partial charge on any atom is -0.465 e. The van der Waals surface area contributed by atoms with Gasteiger partial charge < -0.3 is 9.47 Å². The Hall–Kier alpha value is -2.47. The van der Waals surface area contributed by atoms with Crippen molar-refractivity contribution in [1.82, 2.24) is 0 Å². The van der Waals surface area contributed by atoms with E-state index in [0.717, 1.165) is 0 Å². The van der Waals surface area contributed by atoms with E-state index in [1.807, 2.05) is 19.1 Å². The number of imide groups is 1. The Morgan fingerprint density at radius 3 is 2.52 bits per heavy atom. The van der Waals surface area contributed by atoms with Crippen LogP contribution in [0.15, 0.2) is 36.4 Å². The number of carbonyl (C=O) groups is 3. The maximum atomic E-state index is 12.8. The van der Waals surface area contributed by atoms with E-state index in [0.29, 0.717) is 11.3 Å². The van der Waals surface area contributed by atoms with E-state index in [4.69, 9.17) is 4.74 Å². The third-order valence-corrected chi connectivity index (χ3v) is 4.88. The Balaban J connectivity index is 1.68. The van der Waals surface area contributed by atoms with Gasteiger partial charge in [-0.3, -0.25) is 9.59 Å². The van der Waals surface area contributed by atoms with Crippen molar-refractivity contribution in [1.29, 1.82) is 0 Å². The number of esters is 1. The van der Waals surface area contributed by atoms with Gasteiger partial charge in [-0.15, -0.1) is 0 Å². The molecule has 0 unspecified atom stereocenters. The predicted octanol–water partition coefficient (Wildman–Crippen LogP) is 1.31. The first-order chi connectivity index (χ1) is 11.0. The normalized spacial score (nSPS) is 34.2. The predicted molar refractivity (Wildman–Crippen MR) is 79.7 cm³/mol. The average molecular weight is 313 g/mol. The van der Waals surface area contributed by atoms with Crippen molar-refractivity contribution >= 4 is 23.5 Å². The average Bonchev–Trinajstić information content (AvgIpc) is 3.16. The zero-order chi connectivity index (χ0) is 16.4. The molecule has 4 rings (SSSR count). The summed E-state index contributed by atoms with van der Waals surface area (Å²) in [6.45, 7) is 1.84. The topological polar surface area (TPSA) is 72.9 Å². The van der Waals surface area contributed by atoms with E-state index in [1.165, 1.54) is 12.0 Å². The van der Waals surface area contributed by atoms with Crippen LogP contribution in [0.2, 0.25) is 0 Å². The van der Waals surface area contributed by atoms with Crippen LogP contribution in [0.1, 0.15) is 17.3 Å². The number of carbonyl (C=O) groups excluding carboxylic acids is 3. The van der Waals surface area contributed by atoms with Gasteiger partial charge in [-0.1, -0.05) is 12.2 Å². The first-order valence-corrected chi connectivity index (χ1v) is 7.39. The number of anilines is 1. The molecule has 0 aliphatic carbocycles. The molecule has 2 bridgehead atoms. The number of ether oxygens (including phenoxy) is 2. The summed E-state index contributed by atoms with van der Waals surface area (Å²) in [6, 6.07) is 6.26. The molecule has 2 amide bonds. The van der Waals surface area contributed by atoms with Gasteiger partial charge in [0.2, 0.25) is 11.8 Å². The monoisotopic (exact) mass is 313 g/mol. The standard InChI is InChI=1S/C17H15NO5/c1-17-8-7-11(23-17)12-13(17)15(20)18(14(12)19)10-5-3-9(4-6-10)16(21)22-2/h3-8,11-13H,1-2H3/t11-,12+,13+,17-/m1/s1. The molecule has 118 valence electrons. The number of nitrogens with zero attached hydrogens (tertiary/aromatic N) is 1. The molecule has 3 aliphatic rings. The summed E-state index contributed by atoms with van der Waals surface area (Å²) in [5.41, 5.74) is 0.126. The minimum absolute atomic E-state index is 0.246. The lowest BCUT2D eigenvalue weighted by Crippen LogP contribution is -2.38. The second kappa shape index (κ2) is 4.52. The highest BCUT2D eigenvalue weighted by Crippen LogP contribution is 2.52. The Labute approximate surface area is 132 Å². The van der Waals surface area contributed by atoms with Crippen molar-refractivity contribution in [2.45, 2.75) is 18.6 Å². The van der Waals surface area contributed by atoms with Crippen LogP contribution in [-0.2, 0) is 19.1 Å². The van der Waals surface area contributed by atoms with Gasteiger partial charge in [-0.05, 0) is 31.2 Å². The lowest BCUT2D eigenvalue weighted by molar-refractivity contribution is -0.126. The summed E-state index contributed by atoms with van der Waals surface area (Å²) in [7, 11) is 1.30. The molecular weight excluding hydrogens is 298 g/mol. The highest BCUT2D eigenvalue weighted by Gasteiger charge is 2.65. The fourth-order valence-electron chi connectivity index (χ4n) is 3.77. The van der Waals surface area contributed by atoms with E-state index in [1.54, 1.807) is 24.3 Å². The first-order valence-electron chi connectivity index (χ1n) is 7.39. The quantitative estimate of drug-likeness (QED) is 0.467. The summed E-state index contributed by atoms with van der Waals surface area (Å²) in [5, 5.41) is 0. The van der Waals surface area contributed by atoms with Crippen molar-refractivity contribution in [3.8, 4) is 0 Å². The summed E-state index contributed by atoms with van der Waals surface area (Å²) in [4.78, 5) is 38.2. The summed E-state index contributed by atoms with van der Waals surface area (Å²) < 4.78 is 10.4.